The number of rotatable bonds is 3. The zero-order valence-corrected chi connectivity index (χ0v) is 8.21. The Balaban J connectivity index is 2.41. The summed E-state index contributed by atoms with van der Waals surface area (Å²) in [5, 5.41) is 0. The second-order valence-corrected chi connectivity index (χ2v) is 3.54. The highest BCUT2D eigenvalue weighted by Gasteiger charge is 2.07. The Hall–Kier alpha value is -0.720. The van der Waals surface area contributed by atoms with E-state index in [9.17, 15) is 0 Å². The van der Waals surface area contributed by atoms with Crippen molar-refractivity contribution in [3.05, 3.63) is 24.0 Å². The third-order valence-electron chi connectivity index (χ3n) is 2.05. The van der Waals surface area contributed by atoms with Crippen LogP contribution in [0.2, 0.25) is 0 Å². The topological polar surface area (TPSA) is 9.23 Å². The fourth-order valence-corrected chi connectivity index (χ4v) is 1.31. The molecule has 1 nitrogen and oxygen atoms in total. The summed E-state index contributed by atoms with van der Waals surface area (Å²) in [7, 11) is 0. The van der Waals surface area contributed by atoms with Gasteiger partial charge in [0.1, 0.15) is 5.76 Å². The molecule has 0 aliphatic heterocycles. The van der Waals surface area contributed by atoms with Crippen LogP contribution < -0.4 is 0 Å². The Morgan fingerprint density at radius 3 is 2.75 bits per heavy atom. The van der Waals surface area contributed by atoms with E-state index in [4.69, 9.17) is 4.74 Å². The van der Waals surface area contributed by atoms with Crippen LogP contribution >= 0.6 is 0 Å². The zero-order valence-electron chi connectivity index (χ0n) is 8.21. The van der Waals surface area contributed by atoms with Gasteiger partial charge in [-0.3, -0.25) is 0 Å². The average molecular weight is 166 g/mol. The van der Waals surface area contributed by atoms with Crippen LogP contribution in [0.3, 0.4) is 0 Å². The molecule has 0 heterocycles. The standard InChI is InChI=1S/C11H18O/c1-4-10-5-7-11(8-6-10)12-9(2)3/h5,7-10H,4,6H2,1-3H3. The molecule has 1 aliphatic rings. The van der Waals surface area contributed by atoms with E-state index in [2.05, 4.69) is 39.0 Å². The molecule has 0 aromatic carbocycles. The third-order valence-corrected chi connectivity index (χ3v) is 2.05. The van der Waals surface area contributed by atoms with E-state index < -0.39 is 0 Å². The third kappa shape index (κ3) is 2.72. The van der Waals surface area contributed by atoms with E-state index in [0.717, 1.165) is 18.1 Å². The van der Waals surface area contributed by atoms with Gasteiger partial charge in [0.25, 0.3) is 0 Å². The maximum Gasteiger partial charge on any atom is 0.115 e. The molecule has 0 saturated carbocycles. The van der Waals surface area contributed by atoms with Gasteiger partial charge in [-0.1, -0.05) is 13.0 Å². The van der Waals surface area contributed by atoms with Crippen molar-refractivity contribution >= 4 is 0 Å². The zero-order chi connectivity index (χ0) is 8.97. The van der Waals surface area contributed by atoms with Crippen LogP contribution in [0.25, 0.3) is 0 Å². The van der Waals surface area contributed by atoms with Crippen molar-refractivity contribution in [2.75, 3.05) is 0 Å². The molecule has 0 radical (unpaired) electrons. The van der Waals surface area contributed by atoms with Gasteiger partial charge in [-0.15, -0.1) is 0 Å². The summed E-state index contributed by atoms with van der Waals surface area (Å²) < 4.78 is 5.56. The van der Waals surface area contributed by atoms with Gasteiger partial charge in [-0.25, -0.2) is 0 Å². The van der Waals surface area contributed by atoms with E-state index >= 15 is 0 Å². The van der Waals surface area contributed by atoms with Gasteiger partial charge in [0, 0.05) is 0 Å². The molecule has 1 atom stereocenters. The first-order valence-electron chi connectivity index (χ1n) is 4.77. The monoisotopic (exact) mass is 166 g/mol. The van der Waals surface area contributed by atoms with Crippen LogP contribution in [0.4, 0.5) is 0 Å². The summed E-state index contributed by atoms with van der Waals surface area (Å²) in [5.74, 6) is 1.76. The van der Waals surface area contributed by atoms with Gasteiger partial charge in [0.2, 0.25) is 0 Å². The van der Waals surface area contributed by atoms with Gasteiger partial charge >= 0.3 is 0 Å². The van der Waals surface area contributed by atoms with E-state index in [1.165, 1.54) is 6.42 Å². The first-order chi connectivity index (χ1) is 5.72. The average Bonchev–Trinajstić information content (AvgIpc) is 2.05. The summed E-state index contributed by atoms with van der Waals surface area (Å²) in [5.41, 5.74) is 0. The second-order valence-electron chi connectivity index (χ2n) is 3.54. The molecule has 1 aliphatic carbocycles. The van der Waals surface area contributed by atoms with Crippen LogP contribution in [-0.4, -0.2) is 6.10 Å². The minimum atomic E-state index is 0.291. The van der Waals surface area contributed by atoms with Gasteiger partial charge in [0.15, 0.2) is 0 Å². The Morgan fingerprint density at radius 2 is 2.33 bits per heavy atom. The normalized spacial score (nSPS) is 22.7. The number of allylic oxidation sites excluding steroid dienone is 3. The van der Waals surface area contributed by atoms with Gasteiger partial charge in [-0.2, -0.15) is 0 Å². The van der Waals surface area contributed by atoms with Crippen molar-refractivity contribution < 1.29 is 4.74 Å². The Morgan fingerprint density at radius 1 is 1.58 bits per heavy atom. The van der Waals surface area contributed by atoms with Crippen LogP contribution in [0.1, 0.15) is 33.6 Å². The van der Waals surface area contributed by atoms with Gasteiger partial charge in [0.05, 0.1) is 6.10 Å². The summed E-state index contributed by atoms with van der Waals surface area (Å²) in [6.07, 6.45) is 9.18. The first kappa shape index (κ1) is 9.37. The Kier molecular flexibility index (Phi) is 3.39. The molecule has 0 bridgehead atoms. The summed E-state index contributed by atoms with van der Waals surface area (Å²) >= 11 is 0. The van der Waals surface area contributed by atoms with Crippen molar-refractivity contribution in [1.82, 2.24) is 0 Å². The highest BCUT2D eigenvalue weighted by molar-refractivity contribution is 5.18. The predicted octanol–water partition coefficient (Wildman–Crippen LogP) is 3.28. The molecule has 12 heavy (non-hydrogen) atoms. The maximum atomic E-state index is 5.56. The number of hydrogen-bond donors (Lipinski definition) is 0. The highest BCUT2D eigenvalue weighted by Crippen LogP contribution is 2.20. The Labute approximate surface area is 75.1 Å². The van der Waals surface area contributed by atoms with Crippen molar-refractivity contribution in [3.63, 3.8) is 0 Å². The largest absolute Gasteiger partial charge is 0.491 e. The summed E-state index contributed by atoms with van der Waals surface area (Å²) in [6, 6.07) is 0. The molecule has 68 valence electrons. The molecule has 0 amide bonds. The first-order valence-corrected chi connectivity index (χ1v) is 4.77. The molecule has 0 aromatic rings. The predicted molar refractivity (Wildman–Crippen MR) is 51.8 cm³/mol. The van der Waals surface area contributed by atoms with Gasteiger partial charge in [-0.05, 0) is 44.8 Å². The molecular formula is C11H18O. The van der Waals surface area contributed by atoms with E-state index in [1.807, 2.05) is 0 Å². The van der Waals surface area contributed by atoms with Crippen LogP contribution in [-0.2, 0) is 4.74 Å². The second kappa shape index (κ2) is 4.34. The molecule has 1 unspecified atom stereocenters. The lowest BCUT2D eigenvalue weighted by molar-refractivity contribution is 0.155. The van der Waals surface area contributed by atoms with E-state index in [-0.39, 0.29) is 0 Å². The smallest absolute Gasteiger partial charge is 0.115 e. The highest BCUT2D eigenvalue weighted by atomic mass is 16.5. The molecule has 0 saturated heterocycles. The van der Waals surface area contributed by atoms with Gasteiger partial charge < -0.3 is 4.74 Å². The molecule has 1 heteroatoms. The van der Waals surface area contributed by atoms with Crippen LogP contribution in [0.5, 0.6) is 0 Å². The molecule has 0 aromatic heterocycles. The molecule has 0 N–H and O–H groups in total. The minimum Gasteiger partial charge on any atom is -0.491 e. The molecular weight excluding hydrogens is 148 g/mol. The number of hydrogen-bond acceptors (Lipinski definition) is 1. The Bertz CT molecular complexity index is 189. The number of ether oxygens (including phenoxy) is 1. The quantitative estimate of drug-likeness (QED) is 0.625. The lowest BCUT2D eigenvalue weighted by Crippen LogP contribution is -2.05. The SMILES string of the molecule is CCC1C=CC(OC(C)C)=CC1. The molecule has 0 spiro atoms. The van der Waals surface area contributed by atoms with E-state index in [0.29, 0.717) is 6.10 Å². The molecule has 0 fully saturated rings. The fourth-order valence-electron chi connectivity index (χ4n) is 1.31. The molecule has 1 rings (SSSR count). The maximum absolute atomic E-state index is 5.56. The van der Waals surface area contributed by atoms with Crippen molar-refractivity contribution in [3.8, 4) is 0 Å². The lowest BCUT2D eigenvalue weighted by atomic mass is 9.98. The van der Waals surface area contributed by atoms with Crippen LogP contribution in [0, 0.1) is 5.92 Å². The summed E-state index contributed by atoms with van der Waals surface area (Å²) in [6.45, 7) is 6.33. The summed E-state index contributed by atoms with van der Waals surface area (Å²) in [4.78, 5) is 0. The van der Waals surface area contributed by atoms with E-state index in [1.54, 1.807) is 0 Å². The fraction of sp³-hybridized carbons (Fsp3) is 0.636. The van der Waals surface area contributed by atoms with Crippen molar-refractivity contribution in [2.45, 2.75) is 39.7 Å². The van der Waals surface area contributed by atoms with Crippen LogP contribution in [0.15, 0.2) is 24.0 Å². The lowest BCUT2D eigenvalue weighted by Gasteiger charge is -2.16. The minimum absolute atomic E-state index is 0.291. The van der Waals surface area contributed by atoms with Crippen molar-refractivity contribution in [1.29, 1.82) is 0 Å². The van der Waals surface area contributed by atoms with Crippen molar-refractivity contribution in [2.24, 2.45) is 5.92 Å².